The van der Waals surface area contributed by atoms with Crippen molar-refractivity contribution in [2.75, 3.05) is 13.2 Å². The number of ether oxygens (including phenoxy) is 2. The fourth-order valence-corrected chi connectivity index (χ4v) is 5.47. The molecule has 2 fully saturated rings. The number of carbonyl (C=O) groups excluding carboxylic acids is 4. The number of hydrogen-bond acceptors (Lipinski definition) is 8. The van der Waals surface area contributed by atoms with Crippen molar-refractivity contribution in [1.82, 2.24) is 30.5 Å². The summed E-state index contributed by atoms with van der Waals surface area (Å²) in [4.78, 5) is 56.9. The van der Waals surface area contributed by atoms with E-state index in [0.717, 1.165) is 5.56 Å². The summed E-state index contributed by atoms with van der Waals surface area (Å²) < 4.78 is 10.7. The Morgan fingerprint density at radius 2 is 1.82 bits per heavy atom. The lowest BCUT2D eigenvalue weighted by molar-refractivity contribution is -0.150. The summed E-state index contributed by atoms with van der Waals surface area (Å²) in [5.74, 6) is -1.78. The second-order valence-electron chi connectivity index (χ2n) is 13.5. The second kappa shape index (κ2) is 12.4. The number of likely N-dealkylation sites (tertiary alicyclic amines) is 1. The molecule has 2 aliphatic rings. The molecule has 12 heteroatoms. The van der Waals surface area contributed by atoms with Crippen molar-refractivity contribution >= 4 is 23.9 Å². The van der Waals surface area contributed by atoms with Gasteiger partial charge in [0.1, 0.15) is 28.9 Å². The summed E-state index contributed by atoms with van der Waals surface area (Å²) in [5, 5.41) is 14.7. The molecule has 12 nitrogen and oxygen atoms in total. The molecular formula is C32H44N6O6. The first-order chi connectivity index (χ1) is 20.6. The lowest BCUT2D eigenvalue weighted by Gasteiger charge is -2.36. The van der Waals surface area contributed by atoms with Gasteiger partial charge in [0.05, 0.1) is 18.8 Å². The Hall–Kier alpha value is -4.22. The summed E-state index contributed by atoms with van der Waals surface area (Å²) in [6, 6.07) is 7.14. The number of esters is 1. The van der Waals surface area contributed by atoms with Gasteiger partial charge in [-0.3, -0.25) is 9.59 Å². The minimum absolute atomic E-state index is 0.111. The molecule has 1 saturated carbocycles. The first-order valence-electron chi connectivity index (χ1n) is 15.0. The number of carbonyl (C=O) groups is 4. The van der Waals surface area contributed by atoms with Gasteiger partial charge in [0.2, 0.25) is 11.8 Å². The molecule has 1 aliphatic heterocycles. The maximum atomic E-state index is 14.3. The van der Waals surface area contributed by atoms with E-state index in [1.54, 1.807) is 40.0 Å². The van der Waals surface area contributed by atoms with E-state index in [1.165, 1.54) is 9.70 Å². The summed E-state index contributed by atoms with van der Waals surface area (Å²) in [7, 11) is 0. The van der Waals surface area contributed by atoms with E-state index in [9.17, 15) is 19.2 Å². The number of nitrogens with one attached hydrogen (secondary N) is 2. The zero-order valence-corrected chi connectivity index (χ0v) is 26.6. The van der Waals surface area contributed by atoms with Crippen LogP contribution in [0.1, 0.15) is 67.3 Å². The van der Waals surface area contributed by atoms with Crippen LogP contribution in [-0.4, -0.2) is 80.1 Å². The molecule has 1 aromatic heterocycles. The van der Waals surface area contributed by atoms with Crippen molar-refractivity contribution in [3.63, 3.8) is 0 Å². The van der Waals surface area contributed by atoms with Gasteiger partial charge in [0, 0.05) is 24.4 Å². The second-order valence-corrected chi connectivity index (χ2v) is 13.5. The van der Waals surface area contributed by atoms with Gasteiger partial charge in [-0.1, -0.05) is 57.2 Å². The van der Waals surface area contributed by atoms with Gasteiger partial charge in [-0.2, -0.15) is 15.0 Å². The van der Waals surface area contributed by atoms with E-state index >= 15 is 0 Å². The summed E-state index contributed by atoms with van der Waals surface area (Å²) in [5.41, 5.74) is -1.19. The molecule has 0 bridgehead atoms. The number of hydrogen-bond donors (Lipinski definition) is 2. The highest BCUT2D eigenvalue weighted by atomic mass is 16.6. The van der Waals surface area contributed by atoms with Crippen LogP contribution >= 0.6 is 0 Å². The minimum atomic E-state index is -1.23. The molecule has 5 atom stereocenters. The third-order valence-corrected chi connectivity index (χ3v) is 7.83. The van der Waals surface area contributed by atoms with Crippen LogP contribution in [0.5, 0.6) is 0 Å². The first kappa shape index (κ1) is 32.7. The zero-order chi connectivity index (χ0) is 32.4. The van der Waals surface area contributed by atoms with Gasteiger partial charge >= 0.3 is 12.1 Å². The third kappa shape index (κ3) is 7.11. The lowest BCUT2D eigenvalue weighted by Crippen LogP contribution is -2.59. The molecule has 1 saturated heterocycles. The molecule has 0 spiro atoms. The van der Waals surface area contributed by atoms with Crippen molar-refractivity contribution in [1.29, 1.82) is 0 Å². The SMILES string of the molecule is C=C[C@@H]1C[C@]1(NC(=O)[C@@H]1C[C@@H](n2ncc(-c3ccccc3)n2)CN1C(=O)[C@@H](NC(=O)OC(C)(C)C)C(C)(C)C)C(=O)OCC. The standard InChI is InChI=1S/C32H44N6O6/c1-9-21-17-32(21,28(41)43-10-2)35-26(39)24-16-22(38-33-18-23(36-38)20-14-12-11-13-15-20)19-37(24)27(40)25(30(3,4)5)34-29(42)44-31(6,7)8/h9,11-15,18,21-22,24-25H,1,10,16-17,19H2,2-8H3,(H,34,42)(H,35,39)/t21-,22-,24+,25-,32-/m1/s1. The molecular weight excluding hydrogens is 564 g/mol. The number of aromatic nitrogens is 3. The van der Waals surface area contributed by atoms with Crippen molar-refractivity contribution in [2.24, 2.45) is 11.3 Å². The van der Waals surface area contributed by atoms with Gasteiger partial charge in [0.25, 0.3) is 0 Å². The number of alkyl carbamates (subject to hydrolysis) is 1. The molecule has 1 aliphatic carbocycles. The molecule has 4 rings (SSSR count). The predicted octanol–water partition coefficient (Wildman–Crippen LogP) is 3.65. The van der Waals surface area contributed by atoms with Crippen LogP contribution in [0.3, 0.4) is 0 Å². The topological polar surface area (TPSA) is 145 Å². The van der Waals surface area contributed by atoms with E-state index < -0.39 is 58.6 Å². The summed E-state index contributed by atoms with van der Waals surface area (Å²) in [6.45, 7) is 16.5. The number of nitrogens with zero attached hydrogens (tertiary/aromatic N) is 4. The van der Waals surface area contributed by atoms with Crippen LogP contribution < -0.4 is 10.6 Å². The monoisotopic (exact) mass is 608 g/mol. The van der Waals surface area contributed by atoms with E-state index in [-0.39, 0.29) is 25.5 Å². The Bertz CT molecular complexity index is 1390. The maximum absolute atomic E-state index is 14.3. The largest absolute Gasteiger partial charge is 0.464 e. The molecule has 2 heterocycles. The Labute approximate surface area is 258 Å². The van der Waals surface area contributed by atoms with Crippen molar-refractivity contribution in [3.8, 4) is 11.3 Å². The van der Waals surface area contributed by atoms with Crippen LogP contribution in [0.15, 0.2) is 49.2 Å². The highest BCUT2D eigenvalue weighted by Crippen LogP contribution is 2.46. The fourth-order valence-electron chi connectivity index (χ4n) is 5.47. The Morgan fingerprint density at radius 1 is 1.14 bits per heavy atom. The average Bonchev–Trinajstić information content (AvgIpc) is 3.26. The Morgan fingerprint density at radius 3 is 2.39 bits per heavy atom. The normalized spacial score (nSPS) is 23.8. The molecule has 44 heavy (non-hydrogen) atoms. The van der Waals surface area contributed by atoms with Gasteiger partial charge in [0.15, 0.2) is 0 Å². The Kier molecular flexibility index (Phi) is 9.22. The number of amides is 3. The van der Waals surface area contributed by atoms with Crippen LogP contribution in [0.4, 0.5) is 4.79 Å². The minimum Gasteiger partial charge on any atom is -0.464 e. The highest BCUT2D eigenvalue weighted by Gasteiger charge is 2.62. The average molecular weight is 609 g/mol. The first-order valence-corrected chi connectivity index (χ1v) is 15.0. The van der Waals surface area contributed by atoms with Crippen LogP contribution in [0.2, 0.25) is 0 Å². The number of rotatable bonds is 9. The van der Waals surface area contributed by atoms with Gasteiger partial charge in [-0.05, 0) is 39.5 Å². The number of benzene rings is 1. The molecule has 1 aromatic carbocycles. The molecule has 238 valence electrons. The lowest BCUT2D eigenvalue weighted by atomic mass is 9.85. The van der Waals surface area contributed by atoms with Crippen LogP contribution in [0.25, 0.3) is 11.3 Å². The maximum Gasteiger partial charge on any atom is 0.408 e. The van der Waals surface area contributed by atoms with Crippen molar-refractivity contribution < 1.29 is 28.7 Å². The van der Waals surface area contributed by atoms with Crippen molar-refractivity contribution in [3.05, 3.63) is 49.2 Å². The molecule has 2 aromatic rings. The quantitative estimate of drug-likeness (QED) is 0.324. The fraction of sp³-hybridized carbons (Fsp3) is 0.562. The van der Waals surface area contributed by atoms with Gasteiger partial charge < -0.3 is 25.0 Å². The van der Waals surface area contributed by atoms with Crippen LogP contribution in [0, 0.1) is 11.3 Å². The molecule has 3 amide bonds. The van der Waals surface area contributed by atoms with E-state index in [1.807, 2.05) is 51.1 Å². The molecule has 0 radical (unpaired) electrons. The molecule has 2 N–H and O–H groups in total. The summed E-state index contributed by atoms with van der Waals surface area (Å²) >= 11 is 0. The van der Waals surface area contributed by atoms with Crippen molar-refractivity contribution in [2.45, 2.75) is 90.6 Å². The van der Waals surface area contributed by atoms with Gasteiger partial charge in [-0.25, -0.2) is 9.59 Å². The third-order valence-electron chi connectivity index (χ3n) is 7.83. The van der Waals surface area contributed by atoms with Crippen LogP contribution in [-0.2, 0) is 23.9 Å². The molecule has 0 unspecified atom stereocenters. The zero-order valence-electron chi connectivity index (χ0n) is 26.6. The Balaban J connectivity index is 1.65. The van der Waals surface area contributed by atoms with E-state index in [0.29, 0.717) is 12.1 Å². The van der Waals surface area contributed by atoms with Gasteiger partial charge in [-0.15, -0.1) is 6.58 Å². The highest BCUT2D eigenvalue weighted by molar-refractivity contribution is 5.96. The predicted molar refractivity (Wildman–Crippen MR) is 163 cm³/mol. The smallest absolute Gasteiger partial charge is 0.408 e. The van der Waals surface area contributed by atoms with E-state index in [4.69, 9.17) is 9.47 Å². The summed E-state index contributed by atoms with van der Waals surface area (Å²) in [6.07, 6.45) is 3.08. The van der Waals surface area contributed by atoms with E-state index in [2.05, 4.69) is 27.4 Å².